The smallest absolute Gasteiger partial charge is 0.449 e. The third-order valence-corrected chi connectivity index (χ3v) is 6.91. The van der Waals surface area contributed by atoms with E-state index in [1.807, 2.05) is 32.9 Å². The lowest BCUT2D eigenvalue weighted by atomic mass is 9.76. The van der Waals surface area contributed by atoms with E-state index in [9.17, 15) is 23.1 Å². The number of oxazole rings is 1. The molecule has 0 aliphatic heterocycles. The van der Waals surface area contributed by atoms with Crippen LogP contribution in [0, 0.1) is 0 Å². The Labute approximate surface area is 209 Å². The number of nitrogens with zero attached hydrogens (tertiary/aromatic N) is 1. The molecule has 0 radical (unpaired) electrons. The molecule has 0 aliphatic carbocycles. The summed E-state index contributed by atoms with van der Waals surface area (Å²) in [5, 5.41) is 9.94. The lowest BCUT2D eigenvalue weighted by molar-refractivity contribution is -0.124. The van der Waals surface area contributed by atoms with Crippen molar-refractivity contribution in [3.05, 3.63) is 65.2 Å². The Bertz CT molecular complexity index is 1250. The average molecular weight is 504 g/mol. The van der Waals surface area contributed by atoms with Crippen LogP contribution in [0.25, 0.3) is 16.7 Å². The Kier molecular flexibility index (Phi) is 7.58. The summed E-state index contributed by atoms with van der Waals surface area (Å²) in [6, 6.07) is 12.0. The van der Waals surface area contributed by atoms with Crippen molar-refractivity contribution in [2.24, 2.45) is 0 Å². The van der Waals surface area contributed by atoms with Crippen LogP contribution in [0.15, 0.2) is 52.6 Å². The maximum atomic E-state index is 13.4. The molecule has 0 spiro atoms. The summed E-state index contributed by atoms with van der Waals surface area (Å²) in [6.07, 6.45) is -3.49. The number of benzene rings is 2. The van der Waals surface area contributed by atoms with Crippen molar-refractivity contribution >= 4 is 22.5 Å². The molecule has 1 heterocycles. The van der Waals surface area contributed by atoms with Crippen LogP contribution >= 0.6 is 0 Å². The first-order valence-electron chi connectivity index (χ1n) is 11.9. The lowest BCUT2D eigenvalue weighted by Crippen LogP contribution is -2.24. The van der Waals surface area contributed by atoms with Crippen molar-refractivity contribution in [1.82, 2.24) is 4.98 Å². The van der Waals surface area contributed by atoms with Gasteiger partial charge >= 0.3 is 6.18 Å². The molecular formula is C28H32F3NO4. The first-order valence-corrected chi connectivity index (χ1v) is 11.9. The van der Waals surface area contributed by atoms with Crippen LogP contribution in [-0.4, -0.2) is 28.7 Å². The highest BCUT2D eigenvalue weighted by Crippen LogP contribution is 2.39. The third-order valence-electron chi connectivity index (χ3n) is 6.91. The number of hydrogen-bond donors (Lipinski definition) is 1. The monoisotopic (exact) mass is 503 g/mol. The molecule has 1 N–H and O–H groups in total. The summed E-state index contributed by atoms with van der Waals surface area (Å²) in [6.45, 7) is 11.7. The normalized spacial score (nSPS) is 13.6. The Hall–Kier alpha value is -3.29. The first-order chi connectivity index (χ1) is 16.7. The molecule has 2 aromatic carbocycles. The van der Waals surface area contributed by atoms with Crippen LogP contribution in [0.3, 0.4) is 0 Å². The summed E-state index contributed by atoms with van der Waals surface area (Å²) < 4.78 is 51.5. The van der Waals surface area contributed by atoms with E-state index in [1.165, 1.54) is 12.1 Å². The molecule has 194 valence electrons. The fourth-order valence-corrected chi connectivity index (χ4v) is 3.69. The second-order valence-electron chi connectivity index (χ2n) is 10.1. The first kappa shape index (κ1) is 27.3. The maximum absolute atomic E-state index is 13.4. The largest absolute Gasteiger partial charge is 0.504 e. The van der Waals surface area contributed by atoms with Crippen LogP contribution in [0.1, 0.15) is 71.4 Å². The van der Waals surface area contributed by atoms with Crippen LogP contribution in [-0.2, 0) is 15.6 Å². The number of aliphatic hydroxyl groups excluding tert-OH is 1. The third kappa shape index (κ3) is 5.58. The van der Waals surface area contributed by atoms with Gasteiger partial charge in [-0.3, -0.25) is 4.79 Å². The van der Waals surface area contributed by atoms with Crippen molar-refractivity contribution in [3.8, 4) is 5.75 Å². The number of ether oxygens (including phenoxy) is 1. The molecule has 1 aromatic heterocycles. The Morgan fingerprint density at radius 1 is 1.00 bits per heavy atom. The van der Waals surface area contributed by atoms with Gasteiger partial charge in [-0.05, 0) is 47.4 Å². The molecule has 8 heteroatoms. The molecule has 0 amide bonds. The van der Waals surface area contributed by atoms with Crippen molar-refractivity contribution in [3.63, 3.8) is 0 Å². The fraction of sp³-hybridized carbons (Fsp3) is 0.429. The highest BCUT2D eigenvalue weighted by molar-refractivity contribution is 6.21. The van der Waals surface area contributed by atoms with Gasteiger partial charge in [-0.15, -0.1) is 0 Å². The standard InChI is InChI=1S/C28H32F3NO4/c1-7-26(3,4)17-13-14-21(18(15-17)27(5,6)8-2)35-16-20(33)23(24(34)28(29,30)31)25-32-19-11-9-10-12-22(19)36-25/h9-15,34H,7-8,16H2,1-6H3/b24-23-. The Balaban J connectivity index is 2.00. The van der Waals surface area contributed by atoms with Crippen LogP contribution in [0.2, 0.25) is 0 Å². The zero-order chi connectivity index (χ0) is 26.9. The van der Waals surface area contributed by atoms with E-state index >= 15 is 0 Å². The number of fused-ring (bicyclic) bond motifs is 1. The van der Waals surface area contributed by atoms with Gasteiger partial charge < -0.3 is 14.3 Å². The molecule has 0 saturated heterocycles. The quantitative estimate of drug-likeness (QED) is 0.239. The van der Waals surface area contributed by atoms with Gasteiger partial charge in [-0.25, -0.2) is 4.98 Å². The van der Waals surface area contributed by atoms with Crippen molar-refractivity contribution < 1.29 is 32.2 Å². The summed E-state index contributed by atoms with van der Waals surface area (Å²) in [5.74, 6) is -3.39. The van der Waals surface area contributed by atoms with Crippen LogP contribution in [0.4, 0.5) is 13.2 Å². The molecule has 3 rings (SSSR count). The topological polar surface area (TPSA) is 72.6 Å². The summed E-state index contributed by atoms with van der Waals surface area (Å²) >= 11 is 0. The molecule has 5 nitrogen and oxygen atoms in total. The Morgan fingerprint density at radius 3 is 2.22 bits per heavy atom. The second-order valence-corrected chi connectivity index (χ2v) is 10.1. The molecule has 0 bridgehead atoms. The number of aromatic nitrogens is 1. The molecule has 0 atom stereocenters. The molecule has 0 saturated carbocycles. The minimum atomic E-state index is -5.17. The summed E-state index contributed by atoms with van der Waals surface area (Å²) in [7, 11) is 0. The van der Waals surface area contributed by atoms with E-state index in [0.29, 0.717) is 5.75 Å². The van der Waals surface area contributed by atoms with Gasteiger partial charge in [0.15, 0.2) is 12.2 Å². The number of Topliss-reactive ketones (excluding diaryl/α,β-unsaturated/α-hetero) is 1. The number of carbonyl (C=O) groups is 1. The minimum absolute atomic E-state index is 0.0890. The van der Waals surface area contributed by atoms with Crippen molar-refractivity contribution in [1.29, 1.82) is 0 Å². The van der Waals surface area contributed by atoms with Gasteiger partial charge in [0.2, 0.25) is 17.4 Å². The van der Waals surface area contributed by atoms with E-state index in [2.05, 4.69) is 25.8 Å². The maximum Gasteiger partial charge on any atom is 0.449 e. The predicted molar refractivity (Wildman–Crippen MR) is 133 cm³/mol. The number of hydrogen-bond acceptors (Lipinski definition) is 5. The SMILES string of the molecule is CCC(C)(C)c1ccc(OCC(=O)/C(=C(/O)C(F)(F)F)c2nc3ccccc3o2)c(C(C)(C)CC)c1. The van der Waals surface area contributed by atoms with Gasteiger partial charge in [0, 0.05) is 5.56 Å². The average Bonchev–Trinajstić information content (AvgIpc) is 3.25. The summed E-state index contributed by atoms with van der Waals surface area (Å²) in [5.41, 5.74) is 0.925. The van der Waals surface area contributed by atoms with E-state index in [1.54, 1.807) is 18.2 Å². The van der Waals surface area contributed by atoms with E-state index in [-0.39, 0.29) is 21.9 Å². The number of allylic oxidation sites excluding steroid dienone is 1. The Morgan fingerprint density at radius 2 is 1.64 bits per heavy atom. The van der Waals surface area contributed by atoms with Crippen molar-refractivity contribution in [2.45, 2.75) is 71.4 Å². The number of ketones is 1. The minimum Gasteiger partial charge on any atom is -0.504 e. The molecule has 3 aromatic rings. The number of alkyl halides is 3. The molecular weight excluding hydrogens is 471 g/mol. The number of aliphatic hydroxyl groups is 1. The molecule has 0 unspecified atom stereocenters. The number of rotatable bonds is 9. The summed E-state index contributed by atoms with van der Waals surface area (Å²) in [4.78, 5) is 17.0. The van der Waals surface area contributed by atoms with Gasteiger partial charge in [0.1, 0.15) is 16.8 Å². The van der Waals surface area contributed by atoms with Gasteiger partial charge in [0.25, 0.3) is 0 Å². The molecule has 0 aliphatic rings. The van der Waals surface area contributed by atoms with E-state index in [0.717, 1.165) is 24.0 Å². The number of halogens is 3. The van der Waals surface area contributed by atoms with E-state index < -0.39 is 35.8 Å². The number of carbonyl (C=O) groups excluding carboxylic acids is 1. The highest BCUT2D eigenvalue weighted by Gasteiger charge is 2.41. The van der Waals surface area contributed by atoms with Crippen LogP contribution in [0.5, 0.6) is 5.75 Å². The second kappa shape index (κ2) is 9.99. The van der Waals surface area contributed by atoms with Gasteiger partial charge in [-0.2, -0.15) is 13.2 Å². The molecule has 0 fully saturated rings. The van der Waals surface area contributed by atoms with Gasteiger partial charge in [-0.1, -0.05) is 65.8 Å². The zero-order valence-electron chi connectivity index (χ0n) is 21.4. The fourth-order valence-electron chi connectivity index (χ4n) is 3.69. The predicted octanol–water partition coefficient (Wildman–Crippen LogP) is 7.68. The highest BCUT2D eigenvalue weighted by atomic mass is 19.4. The van der Waals surface area contributed by atoms with Crippen LogP contribution < -0.4 is 4.74 Å². The van der Waals surface area contributed by atoms with E-state index in [4.69, 9.17) is 9.15 Å². The lowest BCUT2D eigenvalue weighted by Gasteiger charge is -2.30. The van der Waals surface area contributed by atoms with Gasteiger partial charge in [0.05, 0.1) is 0 Å². The van der Waals surface area contributed by atoms with Crippen molar-refractivity contribution in [2.75, 3.05) is 6.61 Å². The number of para-hydroxylation sites is 2. The molecule has 36 heavy (non-hydrogen) atoms. The zero-order valence-corrected chi connectivity index (χ0v) is 21.4.